The summed E-state index contributed by atoms with van der Waals surface area (Å²) in [4.78, 5) is 24.5. The fraction of sp³-hybridized carbons (Fsp3) is 0.278. The van der Waals surface area contributed by atoms with Gasteiger partial charge < -0.3 is 19.7 Å². The summed E-state index contributed by atoms with van der Waals surface area (Å²) in [5.41, 5.74) is 0.807. The van der Waals surface area contributed by atoms with Crippen molar-refractivity contribution in [1.29, 1.82) is 0 Å². The van der Waals surface area contributed by atoms with E-state index in [1.165, 1.54) is 6.07 Å². The normalized spacial score (nSPS) is 18.5. The molecule has 0 radical (unpaired) electrons. The minimum Gasteiger partial charge on any atom is -0.488 e. The van der Waals surface area contributed by atoms with Crippen molar-refractivity contribution in [1.82, 2.24) is 0 Å². The van der Waals surface area contributed by atoms with Crippen molar-refractivity contribution in [3.05, 3.63) is 51.5 Å². The number of carbonyl (C=O) groups is 1. The second-order valence-electron chi connectivity index (χ2n) is 6.36. The van der Waals surface area contributed by atoms with Crippen LogP contribution in [0, 0.1) is 10.1 Å². The first-order valence-electron chi connectivity index (χ1n) is 8.42. The predicted molar refractivity (Wildman–Crippen MR) is 99.9 cm³/mol. The average Bonchev–Trinajstić information content (AvgIpc) is 3.08. The second kappa shape index (κ2) is 6.96. The van der Waals surface area contributed by atoms with Gasteiger partial charge in [0.1, 0.15) is 17.5 Å². The Bertz CT molecular complexity index is 920. The van der Waals surface area contributed by atoms with E-state index in [2.05, 4.69) is 5.32 Å². The van der Waals surface area contributed by atoms with Crippen molar-refractivity contribution >= 4 is 34.6 Å². The zero-order chi connectivity index (χ0) is 19.0. The number of halogens is 1. The molecule has 1 atom stereocenters. The molecule has 0 aromatic heterocycles. The molecule has 0 aliphatic carbocycles. The first-order chi connectivity index (χ1) is 13.0. The number of ether oxygens (including phenoxy) is 2. The lowest BCUT2D eigenvalue weighted by Gasteiger charge is -2.23. The maximum Gasteiger partial charge on any atom is 0.296 e. The van der Waals surface area contributed by atoms with Crippen LogP contribution in [0.5, 0.6) is 11.5 Å². The van der Waals surface area contributed by atoms with E-state index in [1.807, 2.05) is 11.0 Å². The molecule has 1 saturated heterocycles. The monoisotopic (exact) mass is 389 g/mol. The summed E-state index contributed by atoms with van der Waals surface area (Å²) in [7, 11) is 0. The van der Waals surface area contributed by atoms with Gasteiger partial charge in [-0.3, -0.25) is 14.9 Å². The molecule has 1 fully saturated rings. The van der Waals surface area contributed by atoms with Gasteiger partial charge in [-0.15, -0.1) is 0 Å². The van der Waals surface area contributed by atoms with E-state index in [-0.39, 0.29) is 24.3 Å². The van der Waals surface area contributed by atoms with Gasteiger partial charge in [-0.2, -0.15) is 0 Å². The summed E-state index contributed by atoms with van der Waals surface area (Å²) in [6.45, 7) is 0.934. The molecule has 4 rings (SSSR count). The van der Waals surface area contributed by atoms with Gasteiger partial charge in [-0.25, -0.2) is 0 Å². The van der Waals surface area contributed by atoms with Crippen molar-refractivity contribution in [2.45, 2.75) is 12.5 Å². The van der Waals surface area contributed by atoms with E-state index >= 15 is 0 Å². The summed E-state index contributed by atoms with van der Waals surface area (Å²) in [6.07, 6.45) is 0.591. The van der Waals surface area contributed by atoms with Crippen LogP contribution in [0.4, 0.5) is 17.1 Å². The van der Waals surface area contributed by atoms with Crippen LogP contribution in [-0.4, -0.2) is 36.6 Å². The lowest BCUT2D eigenvalue weighted by atomic mass is 10.2. The number of nitro groups is 1. The topological polar surface area (TPSA) is 93.9 Å². The Kier molecular flexibility index (Phi) is 4.49. The van der Waals surface area contributed by atoms with Crippen LogP contribution in [0.15, 0.2) is 36.4 Å². The maximum atomic E-state index is 11.5. The Morgan fingerprint density at radius 3 is 2.96 bits per heavy atom. The van der Waals surface area contributed by atoms with Gasteiger partial charge in [0, 0.05) is 18.0 Å². The largest absolute Gasteiger partial charge is 0.488 e. The highest BCUT2D eigenvalue weighted by Gasteiger charge is 2.31. The van der Waals surface area contributed by atoms with Crippen LogP contribution in [-0.2, 0) is 4.79 Å². The van der Waals surface area contributed by atoms with Gasteiger partial charge in [-0.1, -0.05) is 17.7 Å². The lowest BCUT2D eigenvalue weighted by Crippen LogP contribution is -2.27. The number of fused-ring (bicyclic) bond motifs is 1. The Labute approximate surface area is 159 Å². The van der Waals surface area contributed by atoms with Gasteiger partial charge in [0.2, 0.25) is 0 Å². The quantitative estimate of drug-likeness (QED) is 0.637. The number of anilines is 2. The van der Waals surface area contributed by atoms with Gasteiger partial charge >= 0.3 is 0 Å². The number of hydrogen-bond acceptors (Lipinski definition) is 6. The number of rotatable bonds is 4. The Morgan fingerprint density at radius 2 is 2.19 bits per heavy atom. The van der Waals surface area contributed by atoms with Crippen LogP contribution in [0.3, 0.4) is 0 Å². The zero-order valence-electron chi connectivity index (χ0n) is 14.2. The molecule has 8 nitrogen and oxygen atoms in total. The highest BCUT2D eigenvalue weighted by Crippen LogP contribution is 2.41. The van der Waals surface area contributed by atoms with E-state index in [1.54, 1.807) is 24.3 Å². The number of amides is 1. The molecule has 0 spiro atoms. The van der Waals surface area contributed by atoms with Crippen LogP contribution < -0.4 is 19.7 Å². The molecular formula is C18H16ClN3O5. The minimum absolute atomic E-state index is 0.0618. The van der Waals surface area contributed by atoms with E-state index in [0.717, 1.165) is 0 Å². The van der Waals surface area contributed by atoms with Crippen LogP contribution in [0.2, 0.25) is 5.02 Å². The number of benzene rings is 2. The van der Waals surface area contributed by atoms with Gasteiger partial charge in [0.15, 0.2) is 12.4 Å². The number of nitrogens with zero attached hydrogens (tertiary/aromatic N) is 2. The third-order valence-corrected chi connectivity index (χ3v) is 4.73. The zero-order valence-corrected chi connectivity index (χ0v) is 14.9. The van der Waals surface area contributed by atoms with Crippen molar-refractivity contribution in [2.24, 2.45) is 0 Å². The summed E-state index contributed by atoms with van der Waals surface area (Å²) >= 11 is 5.98. The summed E-state index contributed by atoms with van der Waals surface area (Å²) in [6, 6.07) is 10.1. The van der Waals surface area contributed by atoms with E-state index in [9.17, 15) is 14.9 Å². The molecule has 0 saturated carbocycles. The van der Waals surface area contributed by atoms with Crippen LogP contribution in [0.25, 0.3) is 0 Å². The molecule has 2 aliphatic heterocycles. The van der Waals surface area contributed by atoms with Crippen LogP contribution in [0.1, 0.15) is 6.42 Å². The highest BCUT2D eigenvalue weighted by atomic mass is 35.5. The molecule has 0 bridgehead atoms. The van der Waals surface area contributed by atoms with Gasteiger partial charge in [-0.05, 0) is 24.3 Å². The first-order valence-corrected chi connectivity index (χ1v) is 8.79. The Balaban J connectivity index is 1.57. The Morgan fingerprint density at radius 1 is 1.33 bits per heavy atom. The molecule has 2 aliphatic rings. The third-order valence-electron chi connectivity index (χ3n) is 4.49. The van der Waals surface area contributed by atoms with Gasteiger partial charge in [0.25, 0.3) is 11.6 Å². The number of hydrogen-bond donors (Lipinski definition) is 1. The van der Waals surface area contributed by atoms with Crippen LogP contribution >= 0.6 is 11.6 Å². The molecule has 1 N–H and O–H groups in total. The van der Waals surface area contributed by atoms with Crippen molar-refractivity contribution in [2.75, 3.05) is 29.9 Å². The summed E-state index contributed by atoms with van der Waals surface area (Å²) < 4.78 is 11.2. The van der Waals surface area contributed by atoms with E-state index in [0.29, 0.717) is 47.4 Å². The molecular weight excluding hydrogens is 374 g/mol. The predicted octanol–water partition coefficient (Wildman–Crippen LogP) is 3.24. The SMILES string of the molecule is O=C1COc2cc([N+](=O)[O-])c(N3CCC(Oc4cccc(Cl)c4)C3)cc2N1. The fourth-order valence-electron chi connectivity index (χ4n) is 3.28. The highest BCUT2D eigenvalue weighted by molar-refractivity contribution is 6.30. The molecule has 2 aromatic carbocycles. The molecule has 140 valence electrons. The van der Waals surface area contributed by atoms with Crippen molar-refractivity contribution in [3.63, 3.8) is 0 Å². The number of carbonyl (C=O) groups excluding carboxylic acids is 1. The molecule has 27 heavy (non-hydrogen) atoms. The van der Waals surface area contributed by atoms with Gasteiger partial charge in [0.05, 0.1) is 23.2 Å². The van der Waals surface area contributed by atoms with Crippen molar-refractivity contribution < 1.29 is 19.2 Å². The smallest absolute Gasteiger partial charge is 0.296 e. The standard InChI is InChI=1S/C18H16ClN3O5/c19-11-2-1-3-12(6-11)27-13-4-5-21(9-13)15-7-14-17(8-16(15)22(24)25)26-10-18(23)20-14/h1-3,6-8,13H,4-5,9-10H2,(H,20,23). The minimum atomic E-state index is -0.444. The van der Waals surface area contributed by atoms with Crippen molar-refractivity contribution in [3.8, 4) is 11.5 Å². The third kappa shape index (κ3) is 3.61. The molecule has 2 heterocycles. The average molecular weight is 390 g/mol. The number of nitro benzene ring substituents is 1. The molecule has 1 amide bonds. The summed E-state index contributed by atoms with van der Waals surface area (Å²) in [5.74, 6) is 0.678. The summed E-state index contributed by atoms with van der Waals surface area (Å²) in [5, 5.41) is 14.8. The maximum absolute atomic E-state index is 11.5. The Hall–Kier alpha value is -3.00. The fourth-order valence-corrected chi connectivity index (χ4v) is 3.46. The molecule has 2 aromatic rings. The van der Waals surface area contributed by atoms with E-state index < -0.39 is 4.92 Å². The molecule has 1 unspecified atom stereocenters. The lowest BCUT2D eigenvalue weighted by molar-refractivity contribution is -0.384. The second-order valence-corrected chi connectivity index (χ2v) is 6.80. The number of nitrogens with one attached hydrogen (secondary N) is 1. The van der Waals surface area contributed by atoms with E-state index in [4.69, 9.17) is 21.1 Å². The first kappa shape index (κ1) is 17.4. The molecule has 9 heteroatoms.